The smallest absolute Gasteiger partial charge is 0.130 e. The van der Waals surface area contributed by atoms with E-state index in [1.165, 1.54) is 23.2 Å². The maximum absolute atomic E-state index is 10.1. The molecule has 2 aliphatic rings. The second-order valence-electron chi connectivity index (χ2n) is 5.46. The molecule has 0 bridgehead atoms. The van der Waals surface area contributed by atoms with Crippen LogP contribution in [0, 0.1) is 31.1 Å². The molecule has 2 rings (SSSR count). The molecule has 2 N–H and O–H groups in total. The normalized spacial score (nSPS) is 15.4. The van der Waals surface area contributed by atoms with Crippen LogP contribution in [0.5, 0.6) is 0 Å². The molecule has 0 saturated heterocycles. The number of aliphatic hydroxyl groups is 2. The Balaban J connectivity index is 0.00000125. The standard InChI is InChI=1S/C16H18N4O4.2CHNS/c21-15(11-19-5-1-13(2-6-19)9-17-23)16(22)12-20-7-3-14(4-8-20)10-18-24;2*2-1-3/h1-10,15-16,21-22H,11-12H2;2*3H. The van der Waals surface area contributed by atoms with Crippen molar-refractivity contribution >= 4 is 25.3 Å². The molecule has 2 heterocycles. The van der Waals surface area contributed by atoms with Crippen LogP contribution in [0.2, 0.25) is 0 Å². The Morgan fingerprint density at radius 1 is 0.833 bits per heavy atom. The van der Waals surface area contributed by atoms with Gasteiger partial charge in [0.2, 0.25) is 0 Å². The average molecular weight is 449 g/mol. The van der Waals surface area contributed by atoms with Crippen molar-refractivity contribution in [2.24, 2.45) is 10.4 Å². The lowest BCUT2D eigenvalue weighted by molar-refractivity contribution is 0.00191. The van der Waals surface area contributed by atoms with E-state index in [-0.39, 0.29) is 13.1 Å². The van der Waals surface area contributed by atoms with Gasteiger partial charge in [-0.15, -0.1) is 9.81 Å². The SMILES string of the molecule is N#CS.N#CS.O=NC=C1C=CN(CC(O)C(O)CN2C=CC(=CN=O)C=C2)C=C1. The molecule has 2 aliphatic heterocycles. The maximum Gasteiger partial charge on any atom is 0.130 e. The summed E-state index contributed by atoms with van der Waals surface area (Å²) < 4.78 is 0. The van der Waals surface area contributed by atoms with Gasteiger partial charge >= 0.3 is 0 Å². The molecule has 0 radical (unpaired) electrons. The molecule has 0 amide bonds. The highest BCUT2D eigenvalue weighted by Crippen LogP contribution is 2.13. The Morgan fingerprint density at radius 3 is 1.33 bits per heavy atom. The van der Waals surface area contributed by atoms with Crippen LogP contribution in [0.3, 0.4) is 0 Å². The molecule has 0 aromatic heterocycles. The Labute approximate surface area is 184 Å². The molecule has 12 heteroatoms. The number of hydrogen-bond donors (Lipinski definition) is 4. The van der Waals surface area contributed by atoms with Gasteiger partial charge in [-0.3, -0.25) is 0 Å². The van der Waals surface area contributed by atoms with Crippen molar-refractivity contribution < 1.29 is 10.2 Å². The second-order valence-corrected chi connectivity index (χ2v) is 5.86. The van der Waals surface area contributed by atoms with E-state index >= 15 is 0 Å². The fourth-order valence-corrected chi connectivity index (χ4v) is 2.15. The van der Waals surface area contributed by atoms with Gasteiger partial charge in [0.05, 0.1) is 37.7 Å². The minimum Gasteiger partial charge on any atom is -0.388 e. The molecular weight excluding hydrogens is 428 g/mol. The third-order valence-corrected chi connectivity index (χ3v) is 3.48. The van der Waals surface area contributed by atoms with E-state index in [0.29, 0.717) is 11.1 Å². The lowest BCUT2D eigenvalue weighted by Crippen LogP contribution is -2.40. The maximum atomic E-state index is 10.1. The van der Waals surface area contributed by atoms with Crippen molar-refractivity contribution in [2.75, 3.05) is 13.1 Å². The predicted octanol–water partition coefficient (Wildman–Crippen LogP) is 2.49. The Bertz CT molecular complexity index is 724. The van der Waals surface area contributed by atoms with Gasteiger partial charge in [-0.1, -0.05) is 25.3 Å². The summed E-state index contributed by atoms with van der Waals surface area (Å²) in [6.45, 7) is 0.412. The van der Waals surface area contributed by atoms with Gasteiger partial charge in [-0.05, 0) is 45.8 Å². The molecule has 10 nitrogen and oxygen atoms in total. The van der Waals surface area contributed by atoms with Crippen LogP contribution < -0.4 is 0 Å². The average Bonchev–Trinajstić information content (AvgIpc) is 2.72. The number of rotatable bonds is 7. The fourth-order valence-electron chi connectivity index (χ4n) is 2.15. The van der Waals surface area contributed by atoms with Gasteiger partial charge in [0.1, 0.15) is 10.8 Å². The summed E-state index contributed by atoms with van der Waals surface area (Å²) in [5.74, 6) is 0. The Kier molecular flexibility index (Phi) is 15.0. The molecule has 0 spiro atoms. The second kappa shape index (κ2) is 16.8. The van der Waals surface area contributed by atoms with Crippen molar-refractivity contribution in [1.29, 1.82) is 10.5 Å². The summed E-state index contributed by atoms with van der Waals surface area (Å²) in [6.07, 6.45) is 14.0. The first-order valence-corrected chi connectivity index (χ1v) is 9.07. The highest BCUT2D eigenvalue weighted by molar-refractivity contribution is 7.85. The number of allylic oxidation sites excluding steroid dienone is 6. The number of β-amino-alcohol motifs (C(OH)–C–C–N with tert-alkyl or cyclic N) is 2. The van der Waals surface area contributed by atoms with E-state index < -0.39 is 12.2 Å². The van der Waals surface area contributed by atoms with Crippen LogP contribution >= 0.6 is 25.3 Å². The van der Waals surface area contributed by atoms with E-state index in [1.54, 1.807) is 58.9 Å². The third-order valence-electron chi connectivity index (χ3n) is 3.48. The minimum absolute atomic E-state index is 0.206. The Morgan fingerprint density at radius 2 is 1.10 bits per heavy atom. The third kappa shape index (κ3) is 11.6. The number of nitrogens with zero attached hydrogens (tertiary/aromatic N) is 6. The molecule has 0 saturated carbocycles. The van der Waals surface area contributed by atoms with Gasteiger partial charge < -0.3 is 20.0 Å². The minimum atomic E-state index is -0.968. The van der Waals surface area contributed by atoms with Gasteiger partial charge in [-0.2, -0.15) is 10.5 Å². The van der Waals surface area contributed by atoms with Gasteiger partial charge in [-0.25, -0.2) is 0 Å². The summed E-state index contributed by atoms with van der Waals surface area (Å²) >= 11 is 6.19. The number of thiol groups is 2. The van der Waals surface area contributed by atoms with Gasteiger partial charge in [0.15, 0.2) is 0 Å². The molecular formula is C18H20N6O4S2. The lowest BCUT2D eigenvalue weighted by Gasteiger charge is -2.28. The zero-order valence-electron chi connectivity index (χ0n) is 15.6. The number of aliphatic hydroxyl groups excluding tert-OH is 2. The molecule has 2 unspecified atom stereocenters. The van der Waals surface area contributed by atoms with Crippen molar-refractivity contribution in [2.45, 2.75) is 12.2 Å². The van der Waals surface area contributed by atoms with Crippen molar-refractivity contribution in [1.82, 2.24) is 9.80 Å². The summed E-state index contributed by atoms with van der Waals surface area (Å²) in [5, 5.41) is 42.9. The first-order valence-electron chi connectivity index (χ1n) is 8.17. The van der Waals surface area contributed by atoms with Crippen LogP contribution in [0.25, 0.3) is 0 Å². The van der Waals surface area contributed by atoms with Gasteiger partial charge in [0, 0.05) is 24.8 Å². The van der Waals surface area contributed by atoms with Crippen LogP contribution in [-0.2, 0) is 0 Å². The molecule has 0 aromatic carbocycles. The predicted molar refractivity (Wildman–Crippen MR) is 119 cm³/mol. The first kappa shape index (κ1) is 26.8. The zero-order chi connectivity index (χ0) is 22.8. The summed E-state index contributed by atoms with van der Waals surface area (Å²) in [7, 11) is 0. The largest absolute Gasteiger partial charge is 0.388 e. The highest BCUT2D eigenvalue weighted by Gasteiger charge is 2.20. The van der Waals surface area contributed by atoms with Crippen LogP contribution in [0.1, 0.15) is 0 Å². The number of nitriles is 2. The number of nitroso groups, excluding NO2 is 2. The fraction of sp³-hybridized carbons (Fsp3) is 0.222. The van der Waals surface area contributed by atoms with Crippen molar-refractivity contribution in [3.05, 3.63) is 82.5 Å². The van der Waals surface area contributed by atoms with Crippen LogP contribution in [0.4, 0.5) is 0 Å². The van der Waals surface area contributed by atoms with Gasteiger partial charge in [0.25, 0.3) is 0 Å². The van der Waals surface area contributed by atoms with E-state index in [1.807, 2.05) is 0 Å². The molecule has 30 heavy (non-hydrogen) atoms. The highest BCUT2D eigenvalue weighted by atomic mass is 32.1. The molecule has 0 aromatic rings. The van der Waals surface area contributed by atoms with E-state index in [2.05, 4.69) is 35.6 Å². The Hall–Kier alpha value is -3.16. The molecule has 0 fully saturated rings. The molecule has 158 valence electrons. The van der Waals surface area contributed by atoms with E-state index in [4.69, 9.17) is 10.5 Å². The van der Waals surface area contributed by atoms with Crippen LogP contribution in [-0.4, -0.2) is 45.3 Å². The summed E-state index contributed by atoms with van der Waals surface area (Å²) in [5.41, 5.74) is 1.32. The zero-order valence-corrected chi connectivity index (χ0v) is 17.4. The monoisotopic (exact) mass is 448 g/mol. The first-order chi connectivity index (χ1) is 14.4. The number of thiocyanates is 2. The lowest BCUT2D eigenvalue weighted by atomic mass is 10.1. The molecule has 2 atom stereocenters. The van der Waals surface area contributed by atoms with Crippen molar-refractivity contribution in [3.8, 4) is 10.8 Å². The molecule has 0 aliphatic carbocycles. The van der Waals surface area contributed by atoms with Crippen molar-refractivity contribution in [3.63, 3.8) is 0 Å². The van der Waals surface area contributed by atoms with E-state index in [0.717, 1.165) is 0 Å². The quantitative estimate of drug-likeness (QED) is 0.263. The summed E-state index contributed by atoms with van der Waals surface area (Å²) in [4.78, 5) is 23.7. The summed E-state index contributed by atoms with van der Waals surface area (Å²) in [6, 6.07) is 0. The number of hydrogen-bond acceptors (Lipinski definition) is 12. The van der Waals surface area contributed by atoms with E-state index in [9.17, 15) is 20.0 Å². The topological polar surface area (TPSA) is 153 Å². The van der Waals surface area contributed by atoms with Crippen LogP contribution in [0.15, 0.2) is 83.0 Å².